The van der Waals surface area contributed by atoms with Crippen molar-refractivity contribution in [2.75, 3.05) is 19.8 Å². The van der Waals surface area contributed by atoms with E-state index in [2.05, 4.69) is 15.3 Å². The lowest BCUT2D eigenvalue weighted by atomic mass is 10.2. The topological polar surface area (TPSA) is 47.0 Å². The Balaban J connectivity index is 2.06. The molecule has 0 amide bonds. The van der Waals surface area contributed by atoms with E-state index in [0.717, 1.165) is 29.9 Å². The van der Waals surface area contributed by atoms with Crippen LogP contribution in [0.15, 0.2) is 24.3 Å². The lowest BCUT2D eigenvalue weighted by molar-refractivity contribution is 0.0756. The molecule has 0 radical (unpaired) electrons. The summed E-state index contributed by atoms with van der Waals surface area (Å²) in [7, 11) is 0. The second kappa shape index (κ2) is 4.56. The molecule has 1 aromatic heterocycles. The van der Waals surface area contributed by atoms with Crippen molar-refractivity contribution < 1.29 is 4.74 Å². The molecule has 1 aromatic carbocycles. The van der Waals surface area contributed by atoms with Gasteiger partial charge in [0.15, 0.2) is 5.15 Å². The highest BCUT2D eigenvalue weighted by molar-refractivity contribution is 6.30. The maximum absolute atomic E-state index is 6.17. The third-order valence-corrected chi connectivity index (χ3v) is 3.08. The van der Waals surface area contributed by atoms with Crippen molar-refractivity contribution in [3.8, 4) is 0 Å². The van der Waals surface area contributed by atoms with Crippen molar-refractivity contribution in [1.82, 2.24) is 15.3 Å². The number of nitrogens with zero attached hydrogens (tertiary/aromatic N) is 2. The third-order valence-electron chi connectivity index (χ3n) is 2.80. The summed E-state index contributed by atoms with van der Waals surface area (Å²) in [6.07, 6.45) is 0. The number of para-hydroxylation sites is 2. The van der Waals surface area contributed by atoms with Gasteiger partial charge in [0.05, 0.1) is 36.0 Å². The van der Waals surface area contributed by atoms with Gasteiger partial charge in [-0.25, -0.2) is 9.97 Å². The Morgan fingerprint density at radius 1 is 1.24 bits per heavy atom. The van der Waals surface area contributed by atoms with Crippen LogP contribution >= 0.6 is 11.6 Å². The van der Waals surface area contributed by atoms with E-state index >= 15 is 0 Å². The highest BCUT2D eigenvalue weighted by Gasteiger charge is 2.20. The monoisotopic (exact) mass is 249 g/mol. The Morgan fingerprint density at radius 2 is 2.00 bits per heavy atom. The first kappa shape index (κ1) is 10.9. The van der Waals surface area contributed by atoms with Crippen molar-refractivity contribution in [3.63, 3.8) is 0 Å². The van der Waals surface area contributed by atoms with Gasteiger partial charge in [-0.3, -0.25) is 0 Å². The molecular formula is C12H12ClN3O. The molecule has 1 aliphatic rings. The van der Waals surface area contributed by atoms with Gasteiger partial charge in [-0.15, -0.1) is 0 Å². The molecule has 2 heterocycles. The molecule has 1 atom stereocenters. The average molecular weight is 250 g/mol. The van der Waals surface area contributed by atoms with Crippen LogP contribution in [0.1, 0.15) is 11.7 Å². The van der Waals surface area contributed by atoms with Crippen LogP contribution in [0.4, 0.5) is 0 Å². The van der Waals surface area contributed by atoms with Crippen molar-refractivity contribution >= 4 is 22.6 Å². The molecule has 1 saturated heterocycles. The summed E-state index contributed by atoms with van der Waals surface area (Å²) in [5, 5.41) is 3.78. The second-order valence-electron chi connectivity index (χ2n) is 3.97. The van der Waals surface area contributed by atoms with E-state index < -0.39 is 0 Å². The zero-order valence-corrected chi connectivity index (χ0v) is 9.94. The SMILES string of the molecule is Clc1nc2ccccc2nc1C1COCCN1. The van der Waals surface area contributed by atoms with Gasteiger partial charge in [-0.1, -0.05) is 23.7 Å². The van der Waals surface area contributed by atoms with Gasteiger partial charge in [-0.2, -0.15) is 0 Å². The first-order chi connectivity index (χ1) is 8.34. The fourth-order valence-corrected chi connectivity index (χ4v) is 2.22. The van der Waals surface area contributed by atoms with Crippen molar-refractivity contribution in [2.45, 2.75) is 6.04 Å². The summed E-state index contributed by atoms with van der Waals surface area (Å²) < 4.78 is 5.41. The fraction of sp³-hybridized carbons (Fsp3) is 0.333. The van der Waals surface area contributed by atoms with Crippen LogP contribution in [0.2, 0.25) is 5.15 Å². The summed E-state index contributed by atoms with van der Waals surface area (Å²) in [5.74, 6) is 0. The van der Waals surface area contributed by atoms with Crippen molar-refractivity contribution in [1.29, 1.82) is 0 Å². The average Bonchev–Trinajstić information content (AvgIpc) is 2.39. The van der Waals surface area contributed by atoms with E-state index in [9.17, 15) is 0 Å². The normalized spacial score (nSPS) is 20.6. The number of aromatic nitrogens is 2. The summed E-state index contributed by atoms with van der Waals surface area (Å²) in [5.41, 5.74) is 2.45. The van der Waals surface area contributed by atoms with Crippen molar-refractivity contribution in [2.24, 2.45) is 0 Å². The molecule has 0 aliphatic carbocycles. The molecule has 1 N–H and O–H groups in total. The lowest BCUT2D eigenvalue weighted by Crippen LogP contribution is -2.35. The molecule has 1 unspecified atom stereocenters. The minimum atomic E-state index is 0.0355. The van der Waals surface area contributed by atoms with Gasteiger partial charge in [-0.05, 0) is 12.1 Å². The maximum Gasteiger partial charge on any atom is 0.152 e. The highest BCUT2D eigenvalue weighted by Crippen LogP contribution is 2.23. The van der Waals surface area contributed by atoms with Crippen molar-refractivity contribution in [3.05, 3.63) is 35.1 Å². The number of rotatable bonds is 1. The number of hydrogen-bond acceptors (Lipinski definition) is 4. The number of halogens is 1. The van der Waals surface area contributed by atoms with E-state index in [1.165, 1.54) is 0 Å². The molecule has 17 heavy (non-hydrogen) atoms. The number of ether oxygens (including phenoxy) is 1. The van der Waals surface area contributed by atoms with E-state index in [1.54, 1.807) is 0 Å². The molecule has 5 heteroatoms. The second-order valence-corrected chi connectivity index (χ2v) is 4.33. The van der Waals surface area contributed by atoms with Crippen LogP contribution in [-0.2, 0) is 4.74 Å². The number of benzene rings is 1. The molecular weight excluding hydrogens is 238 g/mol. The van der Waals surface area contributed by atoms with Gasteiger partial charge in [0.1, 0.15) is 0 Å². The van der Waals surface area contributed by atoms with Crippen LogP contribution in [0.5, 0.6) is 0 Å². The van der Waals surface area contributed by atoms with E-state index in [0.29, 0.717) is 11.8 Å². The molecule has 2 aromatic rings. The molecule has 3 rings (SSSR count). The smallest absolute Gasteiger partial charge is 0.152 e. The van der Waals surface area contributed by atoms with Gasteiger partial charge >= 0.3 is 0 Å². The first-order valence-electron chi connectivity index (χ1n) is 5.58. The van der Waals surface area contributed by atoms with Crippen LogP contribution in [-0.4, -0.2) is 29.7 Å². The number of hydrogen-bond donors (Lipinski definition) is 1. The minimum Gasteiger partial charge on any atom is -0.378 e. The van der Waals surface area contributed by atoms with Crippen LogP contribution < -0.4 is 5.32 Å². The standard InChI is InChI=1S/C12H12ClN3O/c13-12-11(10-7-17-6-5-14-10)15-8-3-1-2-4-9(8)16-12/h1-4,10,14H,5-7H2. The molecule has 0 spiro atoms. The van der Waals surface area contributed by atoms with Crippen LogP contribution in [0.3, 0.4) is 0 Å². The summed E-state index contributed by atoms with van der Waals surface area (Å²) >= 11 is 6.17. The minimum absolute atomic E-state index is 0.0355. The quantitative estimate of drug-likeness (QED) is 0.839. The molecule has 4 nitrogen and oxygen atoms in total. The van der Waals surface area contributed by atoms with Gasteiger partial charge in [0.2, 0.25) is 0 Å². The maximum atomic E-state index is 6.17. The van der Waals surface area contributed by atoms with Crippen LogP contribution in [0.25, 0.3) is 11.0 Å². The van der Waals surface area contributed by atoms with Gasteiger partial charge in [0, 0.05) is 6.54 Å². The molecule has 88 valence electrons. The lowest BCUT2D eigenvalue weighted by Gasteiger charge is -2.23. The summed E-state index contributed by atoms with van der Waals surface area (Å²) in [6.45, 7) is 2.14. The van der Waals surface area contributed by atoms with E-state index in [1.807, 2.05) is 24.3 Å². The largest absolute Gasteiger partial charge is 0.378 e. The zero-order valence-electron chi connectivity index (χ0n) is 9.19. The van der Waals surface area contributed by atoms with Crippen LogP contribution in [0, 0.1) is 0 Å². The van der Waals surface area contributed by atoms with Gasteiger partial charge in [0.25, 0.3) is 0 Å². The first-order valence-corrected chi connectivity index (χ1v) is 5.96. The molecule has 1 fully saturated rings. The van der Waals surface area contributed by atoms with E-state index in [-0.39, 0.29) is 6.04 Å². The Morgan fingerprint density at radius 3 is 2.71 bits per heavy atom. The molecule has 0 saturated carbocycles. The predicted molar refractivity (Wildman–Crippen MR) is 66.1 cm³/mol. The Kier molecular flexibility index (Phi) is 2.93. The molecule has 0 bridgehead atoms. The predicted octanol–water partition coefficient (Wildman–Crippen LogP) is 1.94. The fourth-order valence-electron chi connectivity index (χ4n) is 1.95. The Hall–Kier alpha value is -1.23. The van der Waals surface area contributed by atoms with E-state index in [4.69, 9.17) is 16.3 Å². The summed E-state index contributed by atoms with van der Waals surface area (Å²) in [4.78, 5) is 8.92. The Labute approximate surface area is 104 Å². The number of nitrogens with one attached hydrogen (secondary N) is 1. The molecule has 1 aliphatic heterocycles. The Bertz CT molecular complexity index is 540. The highest BCUT2D eigenvalue weighted by atomic mass is 35.5. The number of fused-ring (bicyclic) bond motifs is 1. The number of morpholine rings is 1. The summed E-state index contributed by atoms with van der Waals surface area (Å²) in [6, 6.07) is 7.75. The zero-order chi connectivity index (χ0) is 11.7. The van der Waals surface area contributed by atoms with Gasteiger partial charge < -0.3 is 10.1 Å². The third kappa shape index (κ3) is 2.11.